The molecule has 0 unspecified atom stereocenters. The Balaban J connectivity index is 2.44. The fraction of sp³-hybridized carbons (Fsp3) is 0.846. The Hall–Kier alpha value is -1.10. The smallest absolute Gasteiger partial charge is 0.303 e. The van der Waals surface area contributed by atoms with Gasteiger partial charge in [-0.15, -0.1) is 0 Å². The fourth-order valence-electron chi connectivity index (χ4n) is 2.28. The van der Waals surface area contributed by atoms with Crippen molar-refractivity contribution in [2.45, 2.75) is 64.0 Å². The van der Waals surface area contributed by atoms with E-state index in [1.165, 1.54) is 0 Å². The van der Waals surface area contributed by atoms with Gasteiger partial charge < -0.3 is 15.7 Å². The van der Waals surface area contributed by atoms with Gasteiger partial charge in [0.25, 0.3) is 0 Å². The summed E-state index contributed by atoms with van der Waals surface area (Å²) in [5, 5.41) is 8.61. The number of hydrogen-bond acceptors (Lipinski definition) is 3. The van der Waals surface area contributed by atoms with E-state index in [0.29, 0.717) is 19.4 Å². The van der Waals surface area contributed by atoms with Crippen molar-refractivity contribution in [2.24, 2.45) is 5.73 Å². The standard InChI is InChI=1S/C13H24N2O3/c1-10(2)15(8-3-5-12(17)18)11(16)9-13(14)6-4-7-13/h10H,3-9,14H2,1-2H3,(H,17,18). The van der Waals surface area contributed by atoms with Gasteiger partial charge in [-0.25, -0.2) is 0 Å². The van der Waals surface area contributed by atoms with E-state index in [9.17, 15) is 9.59 Å². The van der Waals surface area contributed by atoms with Crippen molar-refractivity contribution in [1.82, 2.24) is 4.90 Å². The highest BCUT2D eigenvalue weighted by Gasteiger charge is 2.36. The van der Waals surface area contributed by atoms with Gasteiger partial charge in [-0.05, 0) is 39.5 Å². The molecule has 0 heterocycles. The quantitative estimate of drug-likeness (QED) is 0.720. The molecule has 0 spiro atoms. The number of amides is 1. The first kappa shape index (κ1) is 15.0. The molecule has 1 aliphatic rings. The van der Waals surface area contributed by atoms with Crippen LogP contribution >= 0.6 is 0 Å². The van der Waals surface area contributed by atoms with Crippen molar-refractivity contribution in [2.75, 3.05) is 6.54 Å². The summed E-state index contributed by atoms with van der Waals surface area (Å²) in [6.07, 6.45) is 3.92. The van der Waals surface area contributed by atoms with Gasteiger partial charge in [-0.2, -0.15) is 0 Å². The lowest BCUT2D eigenvalue weighted by molar-refractivity contribution is -0.139. The number of aliphatic carboxylic acids is 1. The topological polar surface area (TPSA) is 83.6 Å². The number of hydrogen-bond donors (Lipinski definition) is 2. The number of nitrogens with zero attached hydrogens (tertiary/aromatic N) is 1. The molecule has 0 aromatic carbocycles. The summed E-state index contributed by atoms with van der Waals surface area (Å²) in [5.41, 5.74) is 5.77. The van der Waals surface area contributed by atoms with E-state index in [1.807, 2.05) is 13.8 Å². The molecule has 0 bridgehead atoms. The molecule has 0 radical (unpaired) electrons. The van der Waals surface area contributed by atoms with E-state index in [4.69, 9.17) is 10.8 Å². The normalized spacial score (nSPS) is 17.3. The third kappa shape index (κ3) is 4.29. The molecule has 18 heavy (non-hydrogen) atoms. The molecule has 104 valence electrons. The average Bonchev–Trinajstić information content (AvgIpc) is 2.20. The van der Waals surface area contributed by atoms with Crippen molar-refractivity contribution < 1.29 is 14.7 Å². The lowest BCUT2D eigenvalue weighted by Gasteiger charge is -2.39. The van der Waals surface area contributed by atoms with Crippen molar-refractivity contribution in [3.63, 3.8) is 0 Å². The van der Waals surface area contributed by atoms with E-state index < -0.39 is 5.97 Å². The highest BCUT2D eigenvalue weighted by Crippen LogP contribution is 2.32. The minimum atomic E-state index is -0.819. The summed E-state index contributed by atoms with van der Waals surface area (Å²) < 4.78 is 0. The van der Waals surface area contributed by atoms with Gasteiger partial charge in [0.15, 0.2) is 0 Å². The van der Waals surface area contributed by atoms with E-state index in [2.05, 4.69) is 0 Å². The Labute approximate surface area is 108 Å². The number of carbonyl (C=O) groups excluding carboxylic acids is 1. The maximum Gasteiger partial charge on any atom is 0.303 e. The Morgan fingerprint density at radius 2 is 2.00 bits per heavy atom. The minimum Gasteiger partial charge on any atom is -0.481 e. The molecule has 5 heteroatoms. The summed E-state index contributed by atoms with van der Waals surface area (Å²) in [5.74, 6) is -0.766. The zero-order valence-corrected chi connectivity index (χ0v) is 11.3. The first-order valence-electron chi connectivity index (χ1n) is 6.64. The van der Waals surface area contributed by atoms with Crippen LogP contribution < -0.4 is 5.73 Å². The van der Waals surface area contributed by atoms with Gasteiger partial charge in [-0.3, -0.25) is 9.59 Å². The van der Waals surface area contributed by atoms with Gasteiger partial charge in [0, 0.05) is 31.0 Å². The molecule has 0 saturated heterocycles. The molecule has 1 amide bonds. The Morgan fingerprint density at radius 3 is 2.39 bits per heavy atom. The van der Waals surface area contributed by atoms with Gasteiger partial charge in [0.05, 0.1) is 0 Å². The molecule has 3 N–H and O–H groups in total. The van der Waals surface area contributed by atoms with Crippen LogP contribution in [0, 0.1) is 0 Å². The van der Waals surface area contributed by atoms with Crippen molar-refractivity contribution >= 4 is 11.9 Å². The van der Waals surface area contributed by atoms with Gasteiger partial charge in [-0.1, -0.05) is 0 Å². The Bertz CT molecular complexity index is 311. The lowest BCUT2D eigenvalue weighted by Crippen LogP contribution is -2.51. The van der Waals surface area contributed by atoms with E-state index in [0.717, 1.165) is 19.3 Å². The van der Waals surface area contributed by atoms with E-state index >= 15 is 0 Å². The van der Waals surface area contributed by atoms with E-state index in [1.54, 1.807) is 4.90 Å². The van der Waals surface area contributed by atoms with Crippen LogP contribution in [0.15, 0.2) is 0 Å². The number of nitrogens with two attached hydrogens (primary N) is 1. The van der Waals surface area contributed by atoms with Crippen LogP contribution in [0.25, 0.3) is 0 Å². The molecule has 1 saturated carbocycles. The van der Waals surface area contributed by atoms with Crippen LogP contribution in [-0.4, -0.2) is 40.0 Å². The zero-order chi connectivity index (χ0) is 13.8. The number of carboxylic acid groups (broad SMARTS) is 1. The highest BCUT2D eigenvalue weighted by atomic mass is 16.4. The summed E-state index contributed by atoms with van der Waals surface area (Å²) in [6, 6.07) is 0.0926. The second-order valence-corrected chi connectivity index (χ2v) is 5.57. The van der Waals surface area contributed by atoms with Gasteiger partial charge in [0.2, 0.25) is 5.91 Å². The Kier molecular flexibility index (Phi) is 5.14. The molecule has 0 aromatic rings. The van der Waals surface area contributed by atoms with Crippen molar-refractivity contribution in [3.8, 4) is 0 Å². The summed E-state index contributed by atoms with van der Waals surface area (Å²) >= 11 is 0. The number of rotatable bonds is 7. The summed E-state index contributed by atoms with van der Waals surface area (Å²) in [6.45, 7) is 4.39. The molecule has 0 aliphatic heterocycles. The van der Waals surface area contributed by atoms with E-state index in [-0.39, 0.29) is 23.9 Å². The Morgan fingerprint density at radius 1 is 1.39 bits per heavy atom. The van der Waals surface area contributed by atoms with Crippen LogP contribution in [0.1, 0.15) is 52.4 Å². The predicted molar refractivity (Wildman–Crippen MR) is 69.1 cm³/mol. The van der Waals surface area contributed by atoms with Crippen LogP contribution in [0.4, 0.5) is 0 Å². The minimum absolute atomic E-state index is 0.0533. The monoisotopic (exact) mass is 256 g/mol. The summed E-state index contributed by atoms with van der Waals surface area (Å²) in [7, 11) is 0. The van der Waals surface area contributed by atoms with Crippen LogP contribution in [0.3, 0.4) is 0 Å². The molecule has 1 aliphatic carbocycles. The molecule has 0 atom stereocenters. The highest BCUT2D eigenvalue weighted by molar-refractivity contribution is 5.78. The third-order valence-corrected chi connectivity index (χ3v) is 3.59. The largest absolute Gasteiger partial charge is 0.481 e. The van der Waals surface area contributed by atoms with Crippen LogP contribution in [0.2, 0.25) is 0 Å². The number of carboxylic acids is 1. The molecule has 5 nitrogen and oxygen atoms in total. The van der Waals surface area contributed by atoms with Crippen molar-refractivity contribution in [3.05, 3.63) is 0 Å². The zero-order valence-electron chi connectivity index (χ0n) is 11.3. The second-order valence-electron chi connectivity index (χ2n) is 5.57. The van der Waals surface area contributed by atoms with Crippen LogP contribution in [-0.2, 0) is 9.59 Å². The fourth-order valence-corrected chi connectivity index (χ4v) is 2.28. The SMILES string of the molecule is CC(C)N(CCCC(=O)O)C(=O)CC1(N)CCC1. The molecule has 0 aromatic heterocycles. The first-order valence-corrected chi connectivity index (χ1v) is 6.64. The predicted octanol–water partition coefficient (Wildman–Crippen LogP) is 1.36. The molecular weight excluding hydrogens is 232 g/mol. The lowest BCUT2D eigenvalue weighted by atomic mass is 9.75. The number of carbonyl (C=O) groups is 2. The van der Waals surface area contributed by atoms with Crippen LogP contribution in [0.5, 0.6) is 0 Å². The maximum absolute atomic E-state index is 12.2. The third-order valence-electron chi connectivity index (χ3n) is 3.59. The van der Waals surface area contributed by atoms with Gasteiger partial charge >= 0.3 is 5.97 Å². The van der Waals surface area contributed by atoms with Gasteiger partial charge in [0.1, 0.15) is 0 Å². The summed E-state index contributed by atoms with van der Waals surface area (Å²) in [4.78, 5) is 24.4. The van der Waals surface area contributed by atoms with Crippen molar-refractivity contribution in [1.29, 1.82) is 0 Å². The molecule has 1 fully saturated rings. The molecular formula is C13H24N2O3. The maximum atomic E-state index is 12.2. The average molecular weight is 256 g/mol. The first-order chi connectivity index (χ1) is 8.34. The molecule has 1 rings (SSSR count). The second kappa shape index (κ2) is 6.18.